The molecule has 0 spiro atoms. The van der Waals surface area contributed by atoms with E-state index in [0.29, 0.717) is 31.9 Å². The molecule has 0 saturated carbocycles. The number of nitrogens with zero attached hydrogens (tertiary/aromatic N) is 1. The zero-order valence-corrected chi connectivity index (χ0v) is 20.2. The molecule has 2 aromatic carbocycles. The predicted octanol–water partition coefficient (Wildman–Crippen LogP) is 3.80. The summed E-state index contributed by atoms with van der Waals surface area (Å²) in [6.07, 6.45) is 6.42. The molecule has 0 bridgehead atoms. The Hall–Kier alpha value is -1.87. The Morgan fingerprint density at radius 2 is 1.78 bits per heavy atom. The smallest absolute Gasteiger partial charge is 0.255 e. The van der Waals surface area contributed by atoms with Crippen LogP contribution in [0.15, 0.2) is 46.2 Å². The van der Waals surface area contributed by atoms with Crippen molar-refractivity contribution in [3.63, 3.8) is 0 Å². The number of hydrogen-bond donors (Lipinski definition) is 1. The Bertz CT molecular complexity index is 1100. The second kappa shape index (κ2) is 9.95. The summed E-state index contributed by atoms with van der Waals surface area (Å²) < 4.78 is 34.5. The van der Waals surface area contributed by atoms with Crippen LogP contribution < -0.4 is 4.72 Å². The van der Waals surface area contributed by atoms with Gasteiger partial charge in [-0.15, -0.1) is 11.8 Å². The zero-order valence-electron chi connectivity index (χ0n) is 18.6. The van der Waals surface area contributed by atoms with Crippen LogP contribution in [0.5, 0.6) is 0 Å². The molecule has 1 N–H and O–H groups in total. The number of thioether (sulfide) groups is 1. The fourth-order valence-electron chi connectivity index (χ4n) is 4.35. The molecule has 0 unspecified atom stereocenters. The van der Waals surface area contributed by atoms with E-state index in [4.69, 9.17) is 4.74 Å². The minimum atomic E-state index is -3.80. The molecule has 0 radical (unpaired) electrons. The third kappa shape index (κ3) is 5.03. The van der Waals surface area contributed by atoms with Crippen LogP contribution >= 0.6 is 11.8 Å². The van der Waals surface area contributed by atoms with Crippen molar-refractivity contribution in [3.05, 3.63) is 58.7 Å². The van der Waals surface area contributed by atoms with E-state index >= 15 is 0 Å². The minimum Gasteiger partial charge on any atom is -0.378 e. The summed E-state index contributed by atoms with van der Waals surface area (Å²) >= 11 is 1.44. The fraction of sp³-hybridized carbons (Fsp3) is 0.458. The first kappa shape index (κ1) is 23.3. The van der Waals surface area contributed by atoms with Crippen LogP contribution in [0.3, 0.4) is 0 Å². The Balaban J connectivity index is 1.57. The van der Waals surface area contributed by atoms with Gasteiger partial charge in [-0.25, -0.2) is 13.1 Å². The van der Waals surface area contributed by atoms with Gasteiger partial charge in [0, 0.05) is 24.0 Å². The third-order valence-electron chi connectivity index (χ3n) is 6.21. The number of amides is 1. The summed E-state index contributed by atoms with van der Waals surface area (Å²) in [6.45, 7) is 3.88. The van der Waals surface area contributed by atoms with Gasteiger partial charge in [0.25, 0.3) is 5.91 Å². The molecule has 172 valence electrons. The molecule has 1 aliphatic heterocycles. The molecule has 1 aliphatic carbocycles. The van der Waals surface area contributed by atoms with Crippen molar-refractivity contribution in [2.75, 3.05) is 32.6 Å². The van der Waals surface area contributed by atoms with E-state index < -0.39 is 10.0 Å². The van der Waals surface area contributed by atoms with E-state index in [2.05, 4.69) is 16.9 Å². The lowest BCUT2D eigenvalue weighted by atomic mass is 9.89. The van der Waals surface area contributed by atoms with E-state index in [1.54, 1.807) is 17.0 Å². The predicted molar refractivity (Wildman–Crippen MR) is 127 cm³/mol. The number of aryl methyl sites for hydroxylation is 2. The number of morpholine rings is 1. The van der Waals surface area contributed by atoms with Crippen LogP contribution in [0, 0.1) is 0 Å². The van der Waals surface area contributed by atoms with Gasteiger partial charge in [0.1, 0.15) is 0 Å². The van der Waals surface area contributed by atoms with Crippen LogP contribution in [0.25, 0.3) is 0 Å². The quantitative estimate of drug-likeness (QED) is 0.645. The second-order valence-electron chi connectivity index (χ2n) is 8.34. The molecule has 1 atom stereocenters. The molecule has 8 heteroatoms. The molecule has 1 amide bonds. The monoisotopic (exact) mass is 474 g/mol. The third-order valence-corrected chi connectivity index (χ3v) is 8.55. The van der Waals surface area contributed by atoms with Crippen LogP contribution in [-0.2, 0) is 27.6 Å². The van der Waals surface area contributed by atoms with Gasteiger partial charge in [0.15, 0.2) is 0 Å². The van der Waals surface area contributed by atoms with Crippen molar-refractivity contribution in [3.8, 4) is 0 Å². The van der Waals surface area contributed by atoms with Gasteiger partial charge >= 0.3 is 0 Å². The maximum Gasteiger partial charge on any atom is 0.255 e. The number of fused-ring (bicyclic) bond motifs is 1. The molecule has 1 fully saturated rings. The van der Waals surface area contributed by atoms with Crippen molar-refractivity contribution in [2.45, 2.75) is 48.4 Å². The molecule has 6 nitrogen and oxygen atoms in total. The van der Waals surface area contributed by atoms with E-state index in [-0.39, 0.29) is 16.8 Å². The lowest BCUT2D eigenvalue weighted by molar-refractivity contribution is 0.0300. The van der Waals surface area contributed by atoms with E-state index in [9.17, 15) is 13.2 Å². The Morgan fingerprint density at radius 1 is 1.06 bits per heavy atom. The molecular formula is C24H30N2O4S2. The van der Waals surface area contributed by atoms with Gasteiger partial charge in [0.05, 0.1) is 23.7 Å². The average Bonchev–Trinajstić information content (AvgIpc) is 2.83. The van der Waals surface area contributed by atoms with Crippen molar-refractivity contribution in [1.82, 2.24) is 9.62 Å². The number of hydrogen-bond acceptors (Lipinski definition) is 5. The number of carbonyl (C=O) groups is 1. The number of nitrogens with one attached hydrogen (secondary N) is 1. The Labute approximate surface area is 194 Å². The number of rotatable bonds is 6. The molecule has 1 saturated heterocycles. The summed E-state index contributed by atoms with van der Waals surface area (Å²) in [7, 11) is -3.80. The summed E-state index contributed by atoms with van der Waals surface area (Å²) in [4.78, 5) is 15.7. The molecule has 2 aliphatic rings. The second-order valence-corrected chi connectivity index (χ2v) is 10.9. The molecule has 2 aromatic rings. The topological polar surface area (TPSA) is 75.7 Å². The van der Waals surface area contributed by atoms with Gasteiger partial charge in [-0.05, 0) is 73.8 Å². The van der Waals surface area contributed by atoms with Gasteiger partial charge < -0.3 is 9.64 Å². The fourth-order valence-corrected chi connectivity index (χ4v) is 6.18. The van der Waals surface area contributed by atoms with Gasteiger partial charge in [-0.1, -0.05) is 18.2 Å². The molecular weight excluding hydrogens is 444 g/mol. The average molecular weight is 475 g/mol. The first-order valence-electron chi connectivity index (χ1n) is 11.1. The van der Waals surface area contributed by atoms with Gasteiger partial charge in [-0.2, -0.15) is 0 Å². The molecule has 0 aromatic heterocycles. The maximum absolute atomic E-state index is 13.2. The van der Waals surface area contributed by atoms with Crippen molar-refractivity contribution < 1.29 is 17.9 Å². The molecule has 32 heavy (non-hydrogen) atoms. The van der Waals surface area contributed by atoms with Crippen LogP contribution in [0.2, 0.25) is 0 Å². The lowest BCUT2D eigenvalue weighted by Crippen LogP contribution is -2.41. The van der Waals surface area contributed by atoms with Crippen LogP contribution in [-0.4, -0.2) is 51.8 Å². The first-order valence-corrected chi connectivity index (χ1v) is 13.8. The Kier molecular flexibility index (Phi) is 7.24. The Morgan fingerprint density at radius 3 is 2.50 bits per heavy atom. The normalized spacial score (nSPS) is 17.6. The molecule has 4 rings (SSSR count). The summed E-state index contributed by atoms with van der Waals surface area (Å²) in [5, 5.41) is 0. The molecule has 1 heterocycles. The standard InChI is InChI=1S/C24H30N2O4S2/c1-17(19-8-7-18-5-3-4-6-20(18)15-19)25-32(28,29)21-9-10-23(31-2)22(16-21)24(27)26-11-13-30-14-12-26/h7-10,15-17,25H,3-6,11-14H2,1-2H3/t17-/m1/s1. The van der Waals surface area contributed by atoms with Crippen LogP contribution in [0.4, 0.5) is 0 Å². The minimum absolute atomic E-state index is 0.108. The number of benzene rings is 2. The zero-order chi connectivity index (χ0) is 22.7. The number of ether oxygens (including phenoxy) is 1. The van der Waals surface area contributed by atoms with Gasteiger partial charge in [-0.3, -0.25) is 4.79 Å². The highest BCUT2D eigenvalue weighted by Gasteiger charge is 2.25. The largest absolute Gasteiger partial charge is 0.378 e. The number of carbonyl (C=O) groups excluding carboxylic acids is 1. The van der Waals surface area contributed by atoms with E-state index in [0.717, 1.165) is 23.3 Å². The SMILES string of the molecule is CSc1ccc(S(=O)(=O)N[C@H](C)c2ccc3c(c2)CCCC3)cc1C(=O)N1CCOCC1. The van der Waals surface area contributed by atoms with Crippen LogP contribution in [0.1, 0.15) is 52.9 Å². The van der Waals surface area contributed by atoms with Crippen molar-refractivity contribution >= 4 is 27.7 Å². The van der Waals surface area contributed by atoms with E-state index in [1.165, 1.54) is 41.8 Å². The summed E-state index contributed by atoms with van der Waals surface area (Å²) in [5.74, 6) is -0.155. The highest BCUT2D eigenvalue weighted by Crippen LogP contribution is 2.28. The summed E-state index contributed by atoms with van der Waals surface area (Å²) in [6, 6.07) is 10.7. The maximum atomic E-state index is 13.2. The first-order chi connectivity index (χ1) is 15.4. The van der Waals surface area contributed by atoms with E-state index in [1.807, 2.05) is 19.2 Å². The highest BCUT2D eigenvalue weighted by molar-refractivity contribution is 7.98. The summed E-state index contributed by atoms with van der Waals surface area (Å²) in [5.41, 5.74) is 4.07. The number of sulfonamides is 1. The highest BCUT2D eigenvalue weighted by atomic mass is 32.2. The van der Waals surface area contributed by atoms with Crippen molar-refractivity contribution in [1.29, 1.82) is 0 Å². The van der Waals surface area contributed by atoms with Crippen molar-refractivity contribution in [2.24, 2.45) is 0 Å². The lowest BCUT2D eigenvalue weighted by Gasteiger charge is -2.27. The van der Waals surface area contributed by atoms with Gasteiger partial charge in [0.2, 0.25) is 10.0 Å².